The number of sulfonamides is 1. The molecule has 0 spiro atoms. The predicted octanol–water partition coefficient (Wildman–Crippen LogP) is 2.37. The van der Waals surface area contributed by atoms with Crippen LogP contribution in [0, 0.1) is 6.92 Å². The number of hydrogen-bond donors (Lipinski definition) is 1. The molecule has 26 heavy (non-hydrogen) atoms. The van der Waals surface area contributed by atoms with Gasteiger partial charge in [-0.3, -0.25) is 9.69 Å². The van der Waals surface area contributed by atoms with Gasteiger partial charge < -0.3 is 5.32 Å². The van der Waals surface area contributed by atoms with Gasteiger partial charge in [-0.1, -0.05) is 22.0 Å². The van der Waals surface area contributed by atoms with Crippen molar-refractivity contribution in [3.63, 3.8) is 0 Å². The maximum absolute atomic E-state index is 13.0. The molecule has 6 nitrogen and oxygen atoms in total. The van der Waals surface area contributed by atoms with Gasteiger partial charge in [0.25, 0.3) is 0 Å². The van der Waals surface area contributed by atoms with Gasteiger partial charge in [0.05, 0.1) is 11.4 Å². The van der Waals surface area contributed by atoms with E-state index in [2.05, 4.69) is 21.2 Å². The molecule has 0 saturated carbocycles. The van der Waals surface area contributed by atoms with E-state index in [4.69, 9.17) is 0 Å². The molecule has 0 aromatic heterocycles. The third-order valence-electron chi connectivity index (χ3n) is 4.20. The summed E-state index contributed by atoms with van der Waals surface area (Å²) in [6.07, 6.45) is 0.703. The van der Waals surface area contributed by atoms with Crippen LogP contribution >= 0.6 is 15.9 Å². The summed E-state index contributed by atoms with van der Waals surface area (Å²) < 4.78 is 28.4. The lowest BCUT2D eigenvalue weighted by Gasteiger charge is -2.25. The number of hydrogen-bond acceptors (Lipinski definition) is 4. The zero-order valence-electron chi connectivity index (χ0n) is 15.9. The number of carbonyl (C=O) groups excluding carboxylic acids is 1. The van der Waals surface area contributed by atoms with Gasteiger partial charge >= 0.3 is 0 Å². The molecule has 1 fully saturated rings. The topological polar surface area (TPSA) is 69.7 Å². The second-order valence-electron chi connectivity index (χ2n) is 7.74. The summed E-state index contributed by atoms with van der Waals surface area (Å²) in [6, 6.07) is 5.30. The molecule has 1 aliphatic rings. The fourth-order valence-electron chi connectivity index (χ4n) is 3.00. The highest BCUT2D eigenvalue weighted by atomic mass is 79.9. The van der Waals surface area contributed by atoms with Crippen molar-refractivity contribution in [3.8, 4) is 0 Å². The summed E-state index contributed by atoms with van der Waals surface area (Å²) in [6.45, 7) is 10.0. The number of amides is 1. The van der Waals surface area contributed by atoms with Crippen LogP contribution in [-0.2, 0) is 14.8 Å². The second kappa shape index (κ2) is 8.37. The van der Waals surface area contributed by atoms with Gasteiger partial charge in [0.15, 0.2) is 0 Å². The molecular weight excluding hydrogens is 418 g/mol. The molecule has 146 valence electrons. The number of rotatable bonds is 4. The summed E-state index contributed by atoms with van der Waals surface area (Å²) >= 11 is 3.35. The Balaban J connectivity index is 2.06. The number of aryl methyl sites for hydroxylation is 1. The molecule has 2 rings (SSSR count). The van der Waals surface area contributed by atoms with Gasteiger partial charge in [0, 0.05) is 29.6 Å². The Hall–Kier alpha value is -0.960. The van der Waals surface area contributed by atoms with Crippen LogP contribution in [0.25, 0.3) is 0 Å². The summed E-state index contributed by atoms with van der Waals surface area (Å²) in [7, 11) is -3.54. The number of nitrogens with zero attached hydrogens (tertiary/aromatic N) is 2. The molecule has 0 radical (unpaired) electrons. The van der Waals surface area contributed by atoms with Crippen molar-refractivity contribution < 1.29 is 13.2 Å². The fraction of sp³-hybridized carbons (Fsp3) is 0.611. The van der Waals surface area contributed by atoms with Crippen LogP contribution in [0.2, 0.25) is 0 Å². The average Bonchev–Trinajstić information content (AvgIpc) is 2.73. The molecule has 8 heteroatoms. The molecule has 1 aliphatic heterocycles. The van der Waals surface area contributed by atoms with Crippen molar-refractivity contribution in [1.29, 1.82) is 0 Å². The van der Waals surface area contributed by atoms with E-state index in [1.807, 2.05) is 31.7 Å². The number of benzene rings is 1. The molecule has 1 amide bonds. The van der Waals surface area contributed by atoms with E-state index in [9.17, 15) is 13.2 Å². The molecule has 0 aliphatic carbocycles. The van der Waals surface area contributed by atoms with Crippen molar-refractivity contribution in [2.24, 2.45) is 0 Å². The number of carbonyl (C=O) groups is 1. The minimum atomic E-state index is -3.54. The Morgan fingerprint density at radius 2 is 1.88 bits per heavy atom. The molecule has 1 aromatic carbocycles. The normalized spacial score (nSPS) is 17.7. The van der Waals surface area contributed by atoms with Crippen molar-refractivity contribution in [3.05, 3.63) is 28.2 Å². The zero-order valence-corrected chi connectivity index (χ0v) is 18.3. The van der Waals surface area contributed by atoms with Gasteiger partial charge in [-0.2, -0.15) is 4.31 Å². The molecule has 0 atom stereocenters. The first-order chi connectivity index (χ1) is 12.0. The Kier molecular flexibility index (Phi) is 6.87. The van der Waals surface area contributed by atoms with Crippen LogP contribution in [0.1, 0.15) is 32.8 Å². The molecule has 1 N–H and O–H groups in total. The summed E-state index contributed by atoms with van der Waals surface area (Å²) in [5, 5.41) is 2.95. The van der Waals surface area contributed by atoms with Crippen LogP contribution in [-0.4, -0.2) is 61.8 Å². The zero-order chi connectivity index (χ0) is 19.5. The van der Waals surface area contributed by atoms with Gasteiger partial charge in [-0.25, -0.2) is 8.42 Å². The molecule has 0 bridgehead atoms. The summed E-state index contributed by atoms with van der Waals surface area (Å²) in [4.78, 5) is 14.5. The van der Waals surface area contributed by atoms with E-state index in [1.165, 1.54) is 4.31 Å². The van der Waals surface area contributed by atoms with Crippen molar-refractivity contribution >= 4 is 31.9 Å². The highest BCUT2D eigenvalue weighted by Gasteiger charge is 2.29. The largest absolute Gasteiger partial charge is 0.350 e. The summed E-state index contributed by atoms with van der Waals surface area (Å²) in [5.74, 6) is -0.0309. The van der Waals surface area contributed by atoms with E-state index >= 15 is 0 Å². The highest BCUT2D eigenvalue weighted by molar-refractivity contribution is 9.10. The van der Waals surface area contributed by atoms with Crippen molar-refractivity contribution in [2.45, 2.75) is 44.6 Å². The first-order valence-corrected chi connectivity index (χ1v) is 11.0. The van der Waals surface area contributed by atoms with Crippen LogP contribution in [0.3, 0.4) is 0 Å². The van der Waals surface area contributed by atoms with Gasteiger partial charge in [-0.15, -0.1) is 0 Å². The lowest BCUT2D eigenvalue weighted by Crippen LogP contribution is -2.46. The average molecular weight is 446 g/mol. The minimum Gasteiger partial charge on any atom is -0.350 e. The van der Waals surface area contributed by atoms with Crippen LogP contribution in [0.4, 0.5) is 0 Å². The Labute approximate surface area is 165 Å². The van der Waals surface area contributed by atoms with Crippen molar-refractivity contribution in [1.82, 2.24) is 14.5 Å². The van der Waals surface area contributed by atoms with Gasteiger partial charge in [0.2, 0.25) is 15.9 Å². The molecule has 1 saturated heterocycles. The Morgan fingerprint density at radius 1 is 1.19 bits per heavy atom. The maximum atomic E-state index is 13.0. The molecule has 1 aromatic rings. The first kappa shape index (κ1) is 21.3. The van der Waals surface area contributed by atoms with E-state index in [-0.39, 0.29) is 11.4 Å². The molecule has 0 unspecified atom stereocenters. The summed E-state index contributed by atoms with van der Waals surface area (Å²) in [5.41, 5.74) is 0.468. The van der Waals surface area contributed by atoms with Crippen LogP contribution in [0.15, 0.2) is 27.6 Å². The quantitative estimate of drug-likeness (QED) is 0.771. The van der Waals surface area contributed by atoms with E-state index in [1.54, 1.807) is 19.1 Å². The van der Waals surface area contributed by atoms with Gasteiger partial charge in [-0.05, 0) is 58.4 Å². The van der Waals surface area contributed by atoms with Gasteiger partial charge in [0.1, 0.15) is 0 Å². The first-order valence-electron chi connectivity index (χ1n) is 8.79. The standard InChI is InChI=1S/C18H28BrN3O3S/c1-14-6-7-15(19)12-16(14)26(24,25)22-9-5-8-21(10-11-22)13-17(23)20-18(2,3)4/h6-7,12H,5,8-11,13H2,1-4H3,(H,20,23). The predicted molar refractivity (Wildman–Crippen MR) is 107 cm³/mol. The molecule has 1 heterocycles. The maximum Gasteiger partial charge on any atom is 0.243 e. The second-order valence-corrected chi connectivity index (χ2v) is 10.6. The van der Waals surface area contributed by atoms with E-state index in [0.29, 0.717) is 44.0 Å². The molecular formula is C18H28BrN3O3S. The Bertz CT molecular complexity index is 759. The third-order valence-corrected chi connectivity index (χ3v) is 6.73. The Morgan fingerprint density at radius 3 is 2.54 bits per heavy atom. The smallest absolute Gasteiger partial charge is 0.243 e. The van der Waals surface area contributed by atoms with Crippen LogP contribution in [0.5, 0.6) is 0 Å². The minimum absolute atomic E-state index is 0.0309. The van der Waals surface area contributed by atoms with E-state index < -0.39 is 10.0 Å². The highest BCUT2D eigenvalue weighted by Crippen LogP contribution is 2.24. The lowest BCUT2D eigenvalue weighted by molar-refractivity contribution is -0.123. The number of nitrogens with one attached hydrogen (secondary N) is 1. The van der Waals surface area contributed by atoms with Crippen molar-refractivity contribution in [2.75, 3.05) is 32.7 Å². The monoisotopic (exact) mass is 445 g/mol. The van der Waals surface area contributed by atoms with Crippen LogP contribution < -0.4 is 5.32 Å². The van der Waals surface area contributed by atoms with E-state index in [0.717, 1.165) is 10.0 Å². The number of halogens is 1. The third kappa shape index (κ3) is 5.77. The SMILES string of the molecule is Cc1ccc(Br)cc1S(=O)(=O)N1CCCN(CC(=O)NC(C)(C)C)CC1. The lowest BCUT2D eigenvalue weighted by atomic mass is 10.1. The fourth-order valence-corrected chi connectivity index (χ4v) is 5.23.